The van der Waals surface area contributed by atoms with E-state index in [0.29, 0.717) is 25.0 Å². The quantitative estimate of drug-likeness (QED) is 0.790. The molecule has 2 aliphatic rings. The highest BCUT2D eigenvalue weighted by Crippen LogP contribution is 2.38. The molecule has 0 unspecified atom stereocenters. The zero-order valence-electron chi connectivity index (χ0n) is 16.9. The van der Waals surface area contributed by atoms with Crippen LogP contribution in [-0.2, 0) is 11.3 Å². The molecule has 1 saturated heterocycles. The first-order chi connectivity index (χ1) is 13.4. The van der Waals surface area contributed by atoms with Crippen molar-refractivity contribution in [3.8, 4) is 11.6 Å². The molecule has 0 saturated carbocycles. The highest BCUT2D eigenvalue weighted by molar-refractivity contribution is 7.81. The van der Waals surface area contributed by atoms with E-state index in [9.17, 15) is 0 Å². The summed E-state index contributed by atoms with van der Waals surface area (Å²) in [5.41, 5.74) is 4.50. The highest BCUT2D eigenvalue weighted by Gasteiger charge is 2.35. The number of rotatable bonds is 4. The molecule has 4 rings (SSSR count). The number of aromatic nitrogens is 2. The number of nitrogens with zero attached hydrogens (tertiary/aromatic N) is 3. The molecule has 0 amide bonds. The Morgan fingerprint density at radius 2 is 1.89 bits per heavy atom. The zero-order chi connectivity index (χ0) is 19.7. The van der Waals surface area contributed by atoms with Crippen LogP contribution in [0, 0.1) is 19.8 Å². The summed E-state index contributed by atoms with van der Waals surface area (Å²) in [6.07, 6.45) is 3.50. The van der Waals surface area contributed by atoms with E-state index < -0.39 is 4.87 Å². The summed E-state index contributed by atoms with van der Waals surface area (Å²) in [4.78, 5) is 11.2. The number of hydrogen-bond acceptors (Lipinski definition) is 6. The van der Waals surface area contributed by atoms with Crippen LogP contribution in [0.2, 0.25) is 0 Å². The molecule has 2 aromatic rings. The number of fused-ring (bicyclic) bond motifs is 1. The highest BCUT2D eigenvalue weighted by atomic mass is 32.1. The lowest BCUT2D eigenvalue weighted by atomic mass is 9.90. The second-order valence-electron chi connectivity index (χ2n) is 8.13. The van der Waals surface area contributed by atoms with Gasteiger partial charge in [0.2, 0.25) is 0 Å². The Hall–Kier alpha value is -1.79. The Morgan fingerprint density at radius 1 is 1.14 bits per heavy atom. The Labute approximate surface area is 172 Å². The average molecular weight is 400 g/mol. The molecule has 0 bridgehead atoms. The maximum absolute atomic E-state index is 5.67. The van der Waals surface area contributed by atoms with E-state index in [2.05, 4.69) is 42.8 Å². The van der Waals surface area contributed by atoms with Crippen molar-refractivity contribution < 1.29 is 9.47 Å². The number of likely N-dealkylation sites (tertiary alicyclic amines) is 1. The molecule has 2 aliphatic heterocycles. The Bertz CT molecular complexity index is 835. The SMILES string of the molecule is Cc1cc(C[C@H]2CCCN([C@@](C)(S)c3ccc4c(n3)OCCO4)C2)cc(C)n1. The molecule has 2 atom stereocenters. The molecule has 2 aromatic heterocycles. The molecular formula is C22H29N3O2S. The number of piperidine rings is 1. The van der Waals surface area contributed by atoms with Crippen LogP contribution in [-0.4, -0.2) is 41.2 Å². The van der Waals surface area contributed by atoms with Crippen LogP contribution in [0.15, 0.2) is 24.3 Å². The second kappa shape index (κ2) is 7.91. The molecule has 4 heterocycles. The van der Waals surface area contributed by atoms with E-state index in [1.807, 2.05) is 12.1 Å². The molecule has 0 radical (unpaired) electrons. The van der Waals surface area contributed by atoms with Crippen LogP contribution in [0.5, 0.6) is 11.6 Å². The van der Waals surface area contributed by atoms with Gasteiger partial charge in [0, 0.05) is 17.9 Å². The summed E-state index contributed by atoms with van der Waals surface area (Å²) in [6.45, 7) is 9.44. The molecule has 5 nitrogen and oxygen atoms in total. The van der Waals surface area contributed by atoms with Crippen LogP contribution >= 0.6 is 12.6 Å². The van der Waals surface area contributed by atoms with Crippen molar-refractivity contribution in [3.63, 3.8) is 0 Å². The van der Waals surface area contributed by atoms with Crippen molar-refractivity contribution in [2.75, 3.05) is 26.3 Å². The maximum atomic E-state index is 5.67. The third kappa shape index (κ3) is 4.13. The fourth-order valence-corrected chi connectivity index (χ4v) is 4.66. The van der Waals surface area contributed by atoms with Gasteiger partial charge in [-0.2, -0.15) is 12.6 Å². The predicted octanol–water partition coefficient (Wildman–Crippen LogP) is 3.92. The van der Waals surface area contributed by atoms with E-state index in [0.717, 1.165) is 42.3 Å². The molecule has 0 aliphatic carbocycles. The summed E-state index contributed by atoms with van der Waals surface area (Å²) < 4.78 is 11.3. The van der Waals surface area contributed by atoms with Crippen molar-refractivity contribution in [2.45, 2.75) is 44.9 Å². The molecule has 0 spiro atoms. The third-order valence-corrected chi connectivity index (χ3v) is 6.20. The zero-order valence-corrected chi connectivity index (χ0v) is 17.8. The van der Waals surface area contributed by atoms with Crippen LogP contribution < -0.4 is 9.47 Å². The van der Waals surface area contributed by atoms with Gasteiger partial charge in [-0.3, -0.25) is 9.88 Å². The number of aryl methyl sites for hydroxylation is 2. The minimum atomic E-state index is -0.446. The average Bonchev–Trinajstić information content (AvgIpc) is 2.67. The molecule has 150 valence electrons. The minimum absolute atomic E-state index is 0.446. The van der Waals surface area contributed by atoms with Gasteiger partial charge in [-0.05, 0) is 82.3 Å². The first kappa shape index (κ1) is 19.5. The number of thiol groups is 1. The van der Waals surface area contributed by atoms with E-state index in [1.54, 1.807) is 0 Å². The molecule has 6 heteroatoms. The van der Waals surface area contributed by atoms with Gasteiger partial charge in [0.25, 0.3) is 5.88 Å². The largest absolute Gasteiger partial charge is 0.484 e. The molecular weight excluding hydrogens is 370 g/mol. The van der Waals surface area contributed by atoms with Crippen LogP contribution in [0.3, 0.4) is 0 Å². The van der Waals surface area contributed by atoms with Gasteiger partial charge in [-0.25, -0.2) is 4.98 Å². The van der Waals surface area contributed by atoms with Crippen molar-refractivity contribution >= 4 is 12.6 Å². The summed E-state index contributed by atoms with van der Waals surface area (Å²) in [6, 6.07) is 8.40. The normalized spacial score (nSPS) is 21.9. The number of hydrogen-bond donors (Lipinski definition) is 1. The number of pyridine rings is 2. The monoisotopic (exact) mass is 399 g/mol. The summed E-state index contributed by atoms with van der Waals surface area (Å²) in [7, 11) is 0. The Kier molecular flexibility index (Phi) is 5.52. The van der Waals surface area contributed by atoms with Gasteiger partial charge in [-0.15, -0.1) is 0 Å². The Balaban J connectivity index is 1.50. The van der Waals surface area contributed by atoms with Crippen molar-refractivity contribution in [2.24, 2.45) is 5.92 Å². The van der Waals surface area contributed by atoms with Gasteiger partial charge < -0.3 is 9.47 Å². The molecule has 0 aromatic carbocycles. The molecule has 0 N–H and O–H groups in total. The van der Waals surface area contributed by atoms with Crippen LogP contribution in [0.1, 0.15) is 42.4 Å². The first-order valence-electron chi connectivity index (χ1n) is 10.1. The summed E-state index contributed by atoms with van der Waals surface area (Å²) in [5.74, 6) is 1.91. The lowest BCUT2D eigenvalue weighted by Crippen LogP contribution is -2.46. The van der Waals surface area contributed by atoms with E-state index in [-0.39, 0.29) is 0 Å². The lowest BCUT2D eigenvalue weighted by Gasteiger charge is -2.42. The third-order valence-electron chi connectivity index (χ3n) is 5.69. The molecule has 28 heavy (non-hydrogen) atoms. The number of ether oxygens (including phenoxy) is 2. The fraction of sp³-hybridized carbons (Fsp3) is 0.545. The molecule has 1 fully saturated rings. The lowest BCUT2D eigenvalue weighted by molar-refractivity contribution is 0.108. The van der Waals surface area contributed by atoms with E-state index in [4.69, 9.17) is 27.1 Å². The topological polar surface area (TPSA) is 47.5 Å². The van der Waals surface area contributed by atoms with Crippen molar-refractivity contribution in [1.82, 2.24) is 14.9 Å². The summed E-state index contributed by atoms with van der Waals surface area (Å²) in [5, 5.41) is 0. The van der Waals surface area contributed by atoms with E-state index >= 15 is 0 Å². The van der Waals surface area contributed by atoms with Gasteiger partial charge in [-0.1, -0.05) is 0 Å². The smallest absolute Gasteiger partial charge is 0.257 e. The predicted molar refractivity (Wildman–Crippen MR) is 113 cm³/mol. The first-order valence-corrected chi connectivity index (χ1v) is 10.6. The van der Waals surface area contributed by atoms with Crippen LogP contribution in [0.4, 0.5) is 0 Å². The van der Waals surface area contributed by atoms with E-state index in [1.165, 1.54) is 18.4 Å². The van der Waals surface area contributed by atoms with Gasteiger partial charge in [0.15, 0.2) is 5.75 Å². The maximum Gasteiger partial charge on any atom is 0.257 e. The van der Waals surface area contributed by atoms with Gasteiger partial charge >= 0.3 is 0 Å². The van der Waals surface area contributed by atoms with Crippen LogP contribution in [0.25, 0.3) is 0 Å². The fourth-order valence-electron chi connectivity index (χ4n) is 4.36. The van der Waals surface area contributed by atoms with Crippen molar-refractivity contribution in [1.29, 1.82) is 0 Å². The van der Waals surface area contributed by atoms with Gasteiger partial charge in [0.1, 0.15) is 18.1 Å². The van der Waals surface area contributed by atoms with Gasteiger partial charge in [0.05, 0.1) is 5.69 Å². The summed E-state index contributed by atoms with van der Waals surface area (Å²) >= 11 is 5.04. The second-order valence-corrected chi connectivity index (χ2v) is 9.00. The Morgan fingerprint density at radius 3 is 2.68 bits per heavy atom. The minimum Gasteiger partial charge on any atom is -0.484 e. The van der Waals surface area contributed by atoms with Crippen molar-refractivity contribution in [3.05, 3.63) is 46.9 Å². The standard InChI is InChI=1S/C22H29N3O2S/c1-15-11-18(12-16(2)23-15)13-17-5-4-8-25(14-17)22(3,28)20-7-6-19-21(24-20)27-10-9-26-19/h6-7,11-12,17,28H,4-5,8-10,13-14H2,1-3H3/t17-,22+/m1/s1.